The monoisotopic (exact) mass is 325 g/mol. The minimum absolute atomic E-state index is 0.0882. The molecule has 0 amide bonds. The summed E-state index contributed by atoms with van der Waals surface area (Å²) >= 11 is 6.20. The first-order valence-electron chi connectivity index (χ1n) is 7.43. The smallest absolute Gasteiger partial charge is 0.451 e. The van der Waals surface area contributed by atoms with Gasteiger partial charge >= 0.3 is 13.1 Å². The van der Waals surface area contributed by atoms with Gasteiger partial charge in [0.1, 0.15) is 0 Å². The Morgan fingerprint density at radius 1 is 1.50 bits per heavy atom. The molecule has 0 saturated heterocycles. The Kier molecular flexibility index (Phi) is 5.86. The number of benzene rings is 1. The van der Waals surface area contributed by atoms with Crippen molar-refractivity contribution in [3.05, 3.63) is 33.8 Å². The molecule has 0 radical (unpaired) electrons. The molecule has 22 heavy (non-hydrogen) atoms. The number of nitrogens with two attached hydrogens (primary N) is 1. The van der Waals surface area contributed by atoms with Crippen molar-refractivity contribution in [2.45, 2.75) is 38.0 Å². The zero-order valence-corrected chi connectivity index (χ0v) is 13.3. The van der Waals surface area contributed by atoms with Crippen molar-refractivity contribution in [3.63, 3.8) is 0 Å². The van der Waals surface area contributed by atoms with E-state index in [2.05, 4.69) is 0 Å². The van der Waals surface area contributed by atoms with Gasteiger partial charge in [-0.05, 0) is 47.8 Å². The van der Waals surface area contributed by atoms with E-state index < -0.39 is 7.12 Å². The number of esters is 1. The molecule has 0 aromatic heterocycles. The number of ether oxygens (including phenoxy) is 1. The summed E-state index contributed by atoms with van der Waals surface area (Å²) in [4.78, 5) is 12.2. The van der Waals surface area contributed by atoms with Gasteiger partial charge in [-0.2, -0.15) is 0 Å². The van der Waals surface area contributed by atoms with E-state index in [0.29, 0.717) is 24.3 Å². The molecular formula is C15H21BClNO4. The molecular weight excluding hydrogens is 304 g/mol. The summed E-state index contributed by atoms with van der Waals surface area (Å²) in [5.41, 5.74) is 8.50. The lowest BCUT2D eigenvalue weighted by Crippen LogP contribution is -2.20. The lowest BCUT2D eigenvalue weighted by atomic mass is 9.80. The van der Waals surface area contributed by atoms with E-state index in [-0.39, 0.29) is 17.8 Å². The van der Waals surface area contributed by atoms with Gasteiger partial charge in [0.15, 0.2) is 0 Å². The van der Waals surface area contributed by atoms with E-state index in [4.69, 9.17) is 32.1 Å². The molecule has 0 fully saturated rings. The SMILES string of the molecule is COC(=O)[C@@H]1c2cc(CN)c(Cl)cc2C[C@@H]1CCCB(O)O. The van der Waals surface area contributed by atoms with Crippen LogP contribution in [-0.2, 0) is 22.5 Å². The summed E-state index contributed by atoms with van der Waals surface area (Å²) in [6.45, 7) is 0.321. The molecule has 1 aliphatic rings. The number of fused-ring (bicyclic) bond motifs is 1. The molecule has 0 bridgehead atoms. The molecule has 0 heterocycles. The fraction of sp³-hybridized carbons (Fsp3) is 0.533. The Morgan fingerprint density at radius 3 is 2.82 bits per heavy atom. The summed E-state index contributed by atoms with van der Waals surface area (Å²) in [5.74, 6) is -0.512. The van der Waals surface area contributed by atoms with Crippen molar-refractivity contribution in [2.75, 3.05) is 7.11 Å². The van der Waals surface area contributed by atoms with Crippen LogP contribution in [0.25, 0.3) is 0 Å². The first-order valence-corrected chi connectivity index (χ1v) is 7.81. The summed E-state index contributed by atoms with van der Waals surface area (Å²) in [7, 11) is 0.0767. The van der Waals surface area contributed by atoms with Gasteiger partial charge in [-0.3, -0.25) is 4.79 Å². The van der Waals surface area contributed by atoms with Gasteiger partial charge in [0.2, 0.25) is 0 Å². The Morgan fingerprint density at radius 2 is 2.23 bits per heavy atom. The highest BCUT2D eigenvalue weighted by molar-refractivity contribution is 6.40. The van der Waals surface area contributed by atoms with E-state index in [9.17, 15) is 4.79 Å². The zero-order valence-electron chi connectivity index (χ0n) is 12.6. The molecule has 0 spiro atoms. The van der Waals surface area contributed by atoms with E-state index in [0.717, 1.165) is 29.5 Å². The van der Waals surface area contributed by atoms with E-state index in [1.807, 2.05) is 12.1 Å². The average Bonchev–Trinajstić information content (AvgIpc) is 2.82. The minimum atomic E-state index is -1.31. The highest BCUT2D eigenvalue weighted by Gasteiger charge is 2.38. The third kappa shape index (κ3) is 3.63. The van der Waals surface area contributed by atoms with Crippen LogP contribution in [0.1, 0.15) is 35.4 Å². The summed E-state index contributed by atoms with van der Waals surface area (Å²) < 4.78 is 4.95. The van der Waals surface area contributed by atoms with Crippen molar-refractivity contribution >= 4 is 24.7 Å². The number of methoxy groups -OCH3 is 1. The van der Waals surface area contributed by atoms with Crippen LogP contribution in [0.5, 0.6) is 0 Å². The largest absolute Gasteiger partial charge is 0.469 e. The van der Waals surface area contributed by atoms with Crippen molar-refractivity contribution < 1.29 is 19.6 Å². The van der Waals surface area contributed by atoms with Gasteiger partial charge in [0.05, 0.1) is 13.0 Å². The van der Waals surface area contributed by atoms with Gasteiger partial charge < -0.3 is 20.5 Å². The molecule has 0 saturated carbocycles. The zero-order chi connectivity index (χ0) is 16.3. The second-order valence-electron chi connectivity index (χ2n) is 5.72. The number of halogens is 1. The Labute approximate surface area is 135 Å². The van der Waals surface area contributed by atoms with Gasteiger partial charge in [0, 0.05) is 11.6 Å². The molecule has 2 atom stereocenters. The number of carbonyl (C=O) groups is 1. The van der Waals surface area contributed by atoms with Gasteiger partial charge in [0.25, 0.3) is 0 Å². The molecule has 1 aromatic carbocycles. The van der Waals surface area contributed by atoms with E-state index in [1.54, 1.807) is 0 Å². The van der Waals surface area contributed by atoms with E-state index in [1.165, 1.54) is 7.11 Å². The predicted octanol–water partition coefficient (Wildman–Crippen LogP) is 1.48. The first-order chi connectivity index (χ1) is 10.5. The molecule has 0 aliphatic heterocycles. The number of rotatable bonds is 6. The number of hydrogen-bond acceptors (Lipinski definition) is 5. The van der Waals surface area contributed by atoms with Crippen LogP contribution in [0.3, 0.4) is 0 Å². The fourth-order valence-electron chi connectivity index (χ4n) is 3.23. The topological polar surface area (TPSA) is 92.8 Å². The predicted molar refractivity (Wildman–Crippen MR) is 85.5 cm³/mol. The Balaban J connectivity index is 2.25. The van der Waals surface area contributed by atoms with Crippen LogP contribution in [0.15, 0.2) is 12.1 Å². The van der Waals surface area contributed by atoms with Crippen LogP contribution in [0, 0.1) is 5.92 Å². The molecule has 5 nitrogen and oxygen atoms in total. The van der Waals surface area contributed by atoms with E-state index >= 15 is 0 Å². The lowest BCUT2D eigenvalue weighted by Gasteiger charge is -2.18. The maximum absolute atomic E-state index is 12.2. The van der Waals surface area contributed by atoms with Crippen molar-refractivity contribution in [2.24, 2.45) is 11.7 Å². The van der Waals surface area contributed by atoms with Crippen LogP contribution in [-0.4, -0.2) is 30.2 Å². The first kappa shape index (κ1) is 17.3. The normalized spacial score (nSPS) is 19.9. The Hall–Kier alpha value is -1.08. The van der Waals surface area contributed by atoms with Crippen molar-refractivity contribution in [3.8, 4) is 0 Å². The maximum Gasteiger partial charge on any atom is 0.451 e. The van der Waals surface area contributed by atoms with Crippen molar-refractivity contribution in [1.29, 1.82) is 0 Å². The average molecular weight is 326 g/mol. The fourth-order valence-corrected chi connectivity index (χ4v) is 3.50. The maximum atomic E-state index is 12.2. The highest BCUT2D eigenvalue weighted by atomic mass is 35.5. The molecule has 1 aliphatic carbocycles. The van der Waals surface area contributed by atoms with Crippen molar-refractivity contribution in [1.82, 2.24) is 0 Å². The molecule has 2 rings (SSSR count). The number of carbonyl (C=O) groups excluding carboxylic acids is 1. The molecule has 120 valence electrons. The second-order valence-corrected chi connectivity index (χ2v) is 6.13. The van der Waals surface area contributed by atoms with Gasteiger partial charge in [-0.15, -0.1) is 0 Å². The van der Waals surface area contributed by atoms with Crippen LogP contribution in [0.2, 0.25) is 11.3 Å². The molecule has 1 aromatic rings. The highest BCUT2D eigenvalue weighted by Crippen LogP contribution is 2.43. The van der Waals surface area contributed by atoms with Gasteiger partial charge in [-0.25, -0.2) is 0 Å². The molecule has 4 N–H and O–H groups in total. The van der Waals surface area contributed by atoms with Crippen LogP contribution in [0.4, 0.5) is 0 Å². The third-order valence-corrected chi connectivity index (χ3v) is 4.66. The summed E-state index contributed by atoms with van der Waals surface area (Å²) in [6.07, 6.45) is 2.40. The molecule has 0 unspecified atom stereocenters. The second kappa shape index (κ2) is 7.46. The van der Waals surface area contributed by atoms with Crippen LogP contribution >= 0.6 is 11.6 Å². The summed E-state index contributed by atoms with van der Waals surface area (Å²) in [5, 5.41) is 18.5. The Bertz CT molecular complexity index is 553. The van der Waals surface area contributed by atoms with Gasteiger partial charge in [-0.1, -0.05) is 24.1 Å². The standard InChI is InChI=1S/C15H21BClNO4/c1-22-15(19)14-9(3-2-4-16(20)21)5-10-7-13(17)11(8-18)6-12(10)14/h6-7,9,14,20-21H,2-5,8,18H2,1H3/t9-,14-/m0/s1. The number of hydrogen-bond donors (Lipinski definition) is 3. The summed E-state index contributed by atoms with van der Waals surface area (Å²) in [6, 6.07) is 3.79. The lowest BCUT2D eigenvalue weighted by molar-refractivity contribution is -0.143. The quantitative estimate of drug-likeness (QED) is 0.544. The molecule has 7 heteroatoms. The van der Waals surface area contributed by atoms with Crippen LogP contribution < -0.4 is 5.73 Å². The minimum Gasteiger partial charge on any atom is -0.469 e. The third-order valence-electron chi connectivity index (χ3n) is 4.31.